The molecule has 0 N–H and O–H groups in total. The average molecular weight is 170 g/mol. The molecule has 0 spiro atoms. The second-order valence-electron chi connectivity index (χ2n) is 2.97. The molecule has 1 rings (SSSR count). The minimum absolute atomic E-state index is 0.869. The Kier molecular flexibility index (Phi) is 3.14. The summed E-state index contributed by atoms with van der Waals surface area (Å²) in [5.41, 5.74) is 0. The topological polar surface area (TPSA) is 17.1 Å². The van der Waals surface area contributed by atoms with Crippen molar-refractivity contribution in [2.75, 3.05) is 6.16 Å². The molecule has 0 fully saturated rings. The normalized spacial score (nSPS) is 19.4. The fourth-order valence-electron chi connectivity index (χ4n) is 1.20. The van der Waals surface area contributed by atoms with Crippen molar-refractivity contribution in [1.82, 2.24) is 0 Å². The Balaban J connectivity index is 2.31. The van der Waals surface area contributed by atoms with E-state index >= 15 is 0 Å². The third kappa shape index (κ3) is 2.67. The second kappa shape index (κ2) is 3.92. The SMILES string of the molecule is CCCCCP1(=O)C=CC=C1. The molecule has 1 nitrogen and oxygen atoms in total. The van der Waals surface area contributed by atoms with Crippen LogP contribution in [-0.4, -0.2) is 6.16 Å². The molecule has 2 heteroatoms. The molecule has 1 aliphatic heterocycles. The predicted octanol–water partition coefficient (Wildman–Crippen LogP) is 3.58. The first-order valence-electron chi connectivity index (χ1n) is 4.22. The lowest BCUT2D eigenvalue weighted by Crippen LogP contribution is -1.82. The van der Waals surface area contributed by atoms with E-state index in [2.05, 4.69) is 6.92 Å². The Labute approximate surface area is 68.6 Å². The molecule has 0 aromatic rings. The summed E-state index contributed by atoms with van der Waals surface area (Å²) in [6.45, 7) is 2.16. The summed E-state index contributed by atoms with van der Waals surface area (Å²) in [5.74, 6) is 3.73. The van der Waals surface area contributed by atoms with Crippen LogP contribution in [0.3, 0.4) is 0 Å². The van der Waals surface area contributed by atoms with Crippen LogP contribution < -0.4 is 0 Å². The van der Waals surface area contributed by atoms with E-state index in [0.717, 1.165) is 12.6 Å². The van der Waals surface area contributed by atoms with Crippen molar-refractivity contribution in [1.29, 1.82) is 0 Å². The molecule has 0 amide bonds. The number of hydrogen-bond acceptors (Lipinski definition) is 1. The van der Waals surface area contributed by atoms with E-state index in [0.29, 0.717) is 0 Å². The van der Waals surface area contributed by atoms with Crippen molar-refractivity contribution in [3.8, 4) is 0 Å². The predicted molar refractivity (Wildman–Crippen MR) is 50.3 cm³/mol. The zero-order valence-corrected chi connectivity index (χ0v) is 7.89. The van der Waals surface area contributed by atoms with Gasteiger partial charge in [-0.15, -0.1) is 0 Å². The number of unbranched alkanes of at least 4 members (excludes halogenated alkanes) is 2. The maximum Gasteiger partial charge on any atom is 0.129 e. The molecule has 62 valence electrons. The third-order valence-electron chi connectivity index (χ3n) is 1.90. The lowest BCUT2D eigenvalue weighted by Gasteiger charge is -2.04. The lowest BCUT2D eigenvalue weighted by atomic mass is 10.3. The average Bonchev–Trinajstić information content (AvgIpc) is 2.38. The summed E-state index contributed by atoms with van der Waals surface area (Å²) in [6, 6.07) is 0. The molecule has 0 unspecified atom stereocenters. The Hall–Kier alpha value is -0.290. The monoisotopic (exact) mass is 170 g/mol. The molecular weight excluding hydrogens is 155 g/mol. The van der Waals surface area contributed by atoms with Gasteiger partial charge in [-0.3, -0.25) is 0 Å². The maximum atomic E-state index is 11.7. The molecule has 11 heavy (non-hydrogen) atoms. The van der Waals surface area contributed by atoms with E-state index in [4.69, 9.17) is 0 Å². The van der Waals surface area contributed by atoms with E-state index < -0.39 is 7.14 Å². The number of hydrogen-bond donors (Lipinski definition) is 0. The van der Waals surface area contributed by atoms with Crippen LogP contribution in [-0.2, 0) is 4.57 Å². The summed E-state index contributed by atoms with van der Waals surface area (Å²) in [4.78, 5) is 0. The van der Waals surface area contributed by atoms with E-state index in [9.17, 15) is 4.57 Å². The Morgan fingerprint density at radius 1 is 1.18 bits per heavy atom. The van der Waals surface area contributed by atoms with Crippen LogP contribution >= 0.6 is 7.14 Å². The Morgan fingerprint density at radius 3 is 2.36 bits per heavy atom. The van der Waals surface area contributed by atoms with Gasteiger partial charge in [0.05, 0.1) is 0 Å². The van der Waals surface area contributed by atoms with E-state index in [1.807, 2.05) is 23.8 Å². The molecule has 0 aromatic heterocycles. The second-order valence-corrected chi connectivity index (χ2v) is 5.72. The first-order valence-corrected chi connectivity index (χ1v) is 6.25. The molecule has 0 saturated heterocycles. The first kappa shape index (κ1) is 8.80. The Morgan fingerprint density at radius 2 is 1.82 bits per heavy atom. The highest BCUT2D eigenvalue weighted by Gasteiger charge is 2.15. The summed E-state index contributed by atoms with van der Waals surface area (Å²) in [7, 11) is -1.96. The van der Waals surface area contributed by atoms with Gasteiger partial charge in [-0.2, -0.15) is 0 Å². The summed E-state index contributed by atoms with van der Waals surface area (Å²) in [5, 5.41) is 0. The van der Waals surface area contributed by atoms with Gasteiger partial charge in [0, 0.05) is 6.16 Å². The van der Waals surface area contributed by atoms with Crippen molar-refractivity contribution in [3.05, 3.63) is 23.8 Å². The van der Waals surface area contributed by atoms with Gasteiger partial charge in [-0.1, -0.05) is 31.9 Å². The van der Waals surface area contributed by atoms with E-state index in [-0.39, 0.29) is 0 Å². The van der Waals surface area contributed by atoms with Crippen LogP contribution in [0.15, 0.2) is 23.8 Å². The van der Waals surface area contributed by atoms with Crippen LogP contribution in [0.4, 0.5) is 0 Å². The zero-order valence-electron chi connectivity index (χ0n) is 6.99. The minimum atomic E-state index is -1.96. The third-order valence-corrected chi connectivity index (χ3v) is 4.27. The fourth-order valence-corrected chi connectivity index (χ4v) is 3.10. The smallest absolute Gasteiger partial charge is 0.129 e. The van der Waals surface area contributed by atoms with Gasteiger partial charge in [0.25, 0.3) is 0 Å². The number of rotatable bonds is 4. The molecule has 0 aromatic carbocycles. The number of allylic oxidation sites excluding steroid dienone is 2. The van der Waals surface area contributed by atoms with Crippen molar-refractivity contribution in [2.45, 2.75) is 26.2 Å². The minimum Gasteiger partial charge on any atom is -0.315 e. The quantitative estimate of drug-likeness (QED) is 0.465. The van der Waals surface area contributed by atoms with Crippen molar-refractivity contribution < 1.29 is 4.57 Å². The zero-order chi connectivity index (χ0) is 8.16. The highest BCUT2D eigenvalue weighted by molar-refractivity contribution is 7.70. The van der Waals surface area contributed by atoms with Crippen LogP contribution in [0.5, 0.6) is 0 Å². The molecule has 0 atom stereocenters. The Bertz CT molecular complexity index is 200. The van der Waals surface area contributed by atoms with Gasteiger partial charge in [-0.25, -0.2) is 0 Å². The highest BCUT2D eigenvalue weighted by Crippen LogP contribution is 2.52. The standard InChI is InChI=1S/C9H15OP/c1-2-3-4-7-11(10)8-5-6-9-11/h5-6,8-9H,2-4,7H2,1H3. The largest absolute Gasteiger partial charge is 0.315 e. The van der Waals surface area contributed by atoms with E-state index in [1.54, 1.807) is 0 Å². The molecule has 0 saturated carbocycles. The van der Waals surface area contributed by atoms with Crippen molar-refractivity contribution in [3.63, 3.8) is 0 Å². The van der Waals surface area contributed by atoms with Gasteiger partial charge >= 0.3 is 0 Å². The molecule has 0 radical (unpaired) electrons. The van der Waals surface area contributed by atoms with Crippen LogP contribution in [0.25, 0.3) is 0 Å². The summed E-state index contributed by atoms with van der Waals surface area (Å²) < 4.78 is 11.7. The summed E-state index contributed by atoms with van der Waals surface area (Å²) >= 11 is 0. The van der Waals surface area contributed by atoms with Crippen molar-refractivity contribution >= 4 is 7.14 Å². The van der Waals surface area contributed by atoms with Crippen LogP contribution in [0, 0.1) is 0 Å². The fraction of sp³-hybridized carbons (Fsp3) is 0.556. The van der Waals surface area contributed by atoms with E-state index in [1.165, 1.54) is 12.8 Å². The summed E-state index contributed by atoms with van der Waals surface area (Å²) in [6.07, 6.45) is 8.16. The lowest BCUT2D eigenvalue weighted by molar-refractivity contribution is 0.583. The molecular formula is C9H15OP. The molecule has 0 bridgehead atoms. The van der Waals surface area contributed by atoms with Crippen LogP contribution in [0.2, 0.25) is 0 Å². The maximum absolute atomic E-state index is 11.7. The molecule has 1 heterocycles. The highest BCUT2D eigenvalue weighted by atomic mass is 31.2. The molecule has 1 aliphatic rings. The van der Waals surface area contributed by atoms with Gasteiger partial charge < -0.3 is 4.57 Å². The first-order chi connectivity index (χ1) is 5.27. The van der Waals surface area contributed by atoms with Gasteiger partial charge in [-0.05, 0) is 18.1 Å². The molecule has 0 aliphatic carbocycles. The van der Waals surface area contributed by atoms with Crippen molar-refractivity contribution in [2.24, 2.45) is 0 Å². The van der Waals surface area contributed by atoms with Crippen LogP contribution in [0.1, 0.15) is 26.2 Å². The van der Waals surface area contributed by atoms with Gasteiger partial charge in [0.1, 0.15) is 7.14 Å². The van der Waals surface area contributed by atoms with Gasteiger partial charge in [0.2, 0.25) is 0 Å². The van der Waals surface area contributed by atoms with Gasteiger partial charge in [0.15, 0.2) is 0 Å².